The zero-order chi connectivity index (χ0) is 33.9. The standard InChI is InChI=1S/C34H48FN5O4SSi/c1-23(35)32(39-45(41)33(2,3)4)28-15-12-14-27(38-28)24-19-29-26(30(20-24)43-18-17-42-8)21-36-40(29)31-16-11-13-25(37-31)22-44-46(9,10)34(5,6)7/h11-16,19-21,23,32,39H,17-18,22H2,1-10H3/t23-,32+,45?/m1/s1. The number of rotatable bonds is 13. The van der Waals surface area contributed by atoms with Gasteiger partial charge in [-0.2, -0.15) is 5.10 Å². The van der Waals surface area contributed by atoms with Crippen LogP contribution in [0.2, 0.25) is 18.1 Å². The van der Waals surface area contributed by atoms with Crippen LogP contribution in [-0.2, 0) is 27.1 Å². The smallest absolute Gasteiger partial charge is 0.192 e. The molecule has 0 aliphatic heterocycles. The van der Waals surface area contributed by atoms with Crippen LogP contribution in [-0.4, -0.2) is 63.9 Å². The number of fused-ring (bicyclic) bond motifs is 1. The van der Waals surface area contributed by atoms with Crippen LogP contribution in [0.1, 0.15) is 65.9 Å². The van der Waals surface area contributed by atoms with Gasteiger partial charge in [0.2, 0.25) is 0 Å². The highest BCUT2D eigenvalue weighted by Gasteiger charge is 2.37. The van der Waals surface area contributed by atoms with Crippen molar-refractivity contribution in [3.8, 4) is 22.8 Å². The first-order valence-corrected chi connectivity index (χ1v) is 19.6. The zero-order valence-corrected chi connectivity index (χ0v) is 30.5. The fourth-order valence-electron chi connectivity index (χ4n) is 4.38. The highest BCUT2D eigenvalue weighted by molar-refractivity contribution is 7.90. The third-order valence-corrected chi connectivity index (χ3v) is 14.3. The lowest BCUT2D eigenvalue weighted by molar-refractivity contribution is 0.147. The largest absolute Gasteiger partial charge is 0.598 e. The van der Waals surface area contributed by atoms with Crippen molar-refractivity contribution in [1.29, 1.82) is 0 Å². The number of methoxy groups -OCH3 is 1. The van der Waals surface area contributed by atoms with E-state index in [2.05, 4.69) is 38.6 Å². The first-order chi connectivity index (χ1) is 21.5. The Kier molecular flexibility index (Phi) is 11.3. The van der Waals surface area contributed by atoms with Gasteiger partial charge in [-0.05, 0) is 82.2 Å². The minimum absolute atomic E-state index is 0.0890. The molecule has 9 nitrogen and oxygen atoms in total. The maximum Gasteiger partial charge on any atom is 0.192 e. The predicted molar refractivity (Wildman–Crippen MR) is 186 cm³/mol. The number of nitrogens with one attached hydrogen (secondary N) is 1. The normalized spacial score (nSPS) is 14.8. The van der Waals surface area contributed by atoms with E-state index in [1.165, 1.54) is 6.92 Å². The van der Waals surface area contributed by atoms with Gasteiger partial charge < -0.3 is 18.5 Å². The monoisotopic (exact) mass is 669 g/mol. The van der Waals surface area contributed by atoms with Crippen molar-refractivity contribution < 1.29 is 22.8 Å². The fourth-order valence-corrected chi connectivity index (χ4v) is 6.22. The molecule has 250 valence electrons. The lowest BCUT2D eigenvalue weighted by Gasteiger charge is -2.36. The van der Waals surface area contributed by atoms with Crippen LogP contribution in [0.4, 0.5) is 4.39 Å². The number of aromatic nitrogens is 4. The Balaban J connectivity index is 1.76. The first kappa shape index (κ1) is 36.0. The molecule has 0 bridgehead atoms. The minimum Gasteiger partial charge on any atom is -0.598 e. The molecule has 0 radical (unpaired) electrons. The third kappa shape index (κ3) is 8.53. The van der Waals surface area contributed by atoms with E-state index in [-0.39, 0.29) is 5.04 Å². The summed E-state index contributed by atoms with van der Waals surface area (Å²) in [5.74, 6) is 1.26. The molecular formula is C34H48FN5O4SSi. The number of pyridine rings is 2. The molecule has 0 saturated heterocycles. The van der Waals surface area contributed by atoms with E-state index >= 15 is 0 Å². The summed E-state index contributed by atoms with van der Waals surface area (Å²) in [5.41, 5.74) is 3.41. The minimum atomic E-state index is -1.96. The molecule has 46 heavy (non-hydrogen) atoms. The van der Waals surface area contributed by atoms with E-state index in [9.17, 15) is 8.94 Å². The van der Waals surface area contributed by atoms with Gasteiger partial charge in [-0.1, -0.05) is 32.9 Å². The van der Waals surface area contributed by atoms with Gasteiger partial charge >= 0.3 is 0 Å². The first-order valence-electron chi connectivity index (χ1n) is 15.5. The molecule has 3 aromatic heterocycles. The van der Waals surface area contributed by atoms with E-state index in [1.54, 1.807) is 24.1 Å². The molecule has 4 rings (SSSR count). The summed E-state index contributed by atoms with van der Waals surface area (Å²) in [6.45, 7) is 19.2. The van der Waals surface area contributed by atoms with Crippen LogP contribution in [0, 0.1) is 0 Å². The lowest BCUT2D eigenvalue weighted by atomic mass is 10.1. The van der Waals surface area contributed by atoms with Crippen molar-refractivity contribution in [3.05, 3.63) is 66.1 Å². The van der Waals surface area contributed by atoms with Crippen molar-refractivity contribution in [3.63, 3.8) is 0 Å². The fraction of sp³-hybridized carbons (Fsp3) is 0.500. The average Bonchev–Trinajstić information content (AvgIpc) is 3.42. The van der Waals surface area contributed by atoms with E-state index < -0.39 is 36.6 Å². The van der Waals surface area contributed by atoms with Crippen LogP contribution in [0.5, 0.6) is 5.75 Å². The zero-order valence-electron chi connectivity index (χ0n) is 28.7. The Morgan fingerprint density at radius 1 is 1.02 bits per heavy atom. The second-order valence-corrected chi connectivity index (χ2v) is 20.7. The molecule has 1 N–H and O–H groups in total. The summed E-state index contributed by atoms with van der Waals surface area (Å²) < 4.78 is 49.8. The van der Waals surface area contributed by atoms with Crippen LogP contribution in [0.25, 0.3) is 28.0 Å². The molecule has 3 heterocycles. The van der Waals surface area contributed by atoms with Gasteiger partial charge in [-0.3, -0.25) is 4.98 Å². The van der Waals surface area contributed by atoms with E-state index in [4.69, 9.17) is 29.0 Å². The molecule has 1 aromatic carbocycles. The highest BCUT2D eigenvalue weighted by Crippen LogP contribution is 2.37. The maximum absolute atomic E-state index is 14.9. The number of halogens is 1. The van der Waals surface area contributed by atoms with Gasteiger partial charge in [0, 0.05) is 24.0 Å². The Labute approximate surface area is 276 Å². The van der Waals surface area contributed by atoms with E-state index in [1.807, 2.05) is 63.2 Å². The summed E-state index contributed by atoms with van der Waals surface area (Å²) >= 11 is -1.49. The molecular weight excluding hydrogens is 622 g/mol. The second-order valence-electron chi connectivity index (χ2n) is 13.9. The second kappa shape index (κ2) is 14.5. The van der Waals surface area contributed by atoms with E-state index in [0.717, 1.165) is 22.2 Å². The van der Waals surface area contributed by atoms with Gasteiger partial charge in [0.05, 0.1) is 47.4 Å². The molecule has 0 spiro atoms. The summed E-state index contributed by atoms with van der Waals surface area (Å²) in [6, 6.07) is 14.3. The molecule has 0 amide bonds. The van der Waals surface area contributed by atoms with Gasteiger partial charge in [0.25, 0.3) is 0 Å². The number of hydrogen-bond donors (Lipinski definition) is 1. The molecule has 3 atom stereocenters. The van der Waals surface area contributed by atoms with Gasteiger partial charge in [-0.25, -0.2) is 14.1 Å². The number of alkyl halides is 1. The van der Waals surface area contributed by atoms with Crippen molar-refractivity contribution in [2.75, 3.05) is 20.3 Å². The number of nitrogens with zero attached hydrogens (tertiary/aromatic N) is 4. The molecule has 4 aromatic rings. The molecule has 0 aliphatic rings. The van der Waals surface area contributed by atoms with Gasteiger partial charge in [0.15, 0.2) is 14.1 Å². The average molecular weight is 670 g/mol. The Morgan fingerprint density at radius 3 is 2.39 bits per heavy atom. The summed E-state index contributed by atoms with van der Waals surface area (Å²) in [4.78, 5) is 9.74. The summed E-state index contributed by atoms with van der Waals surface area (Å²) in [6.07, 6.45) is 0.433. The SMILES string of the molecule is COCCOc1cc(-c2cccc([C@@H](N[S+]([O-])C(C)(C)C)[C@@H](C)F)n2)cc2c1cnn2-c1cccc(CO[Si](C)(C)C(C)(C)C)n1. The summed E-state index contributed by atoms with van der Waals surface area (Å²) in [5, 5.41) is 5.59. The maximum atomic E-state index is 14.9. The Hall–Kier alpha value is -2.87. The Morgan fingerprint density at radius 2 is 1.74 bits per heavy atom. The van der Waals surface area contributed by atoms with Gasteiger partial charge in [-0.15, -0.1) is 4.72 Å². The highest BCUT2D eigenvalue weighted by atomic mass is 32.2. The van der Waals surface area contributed by atoms with Crippen molar-refractivity contribution in [2.45, 2.75) is 90.2 Å². The van der Waals surface area contributed by atoms with Crippen molar-refractivity contribution >= 4 is 30.6 Å². The third-order valence-electron chi connectivity index (χ3n) is 8.23. The molecule has 0 fully saturated rings. The molecule has 0 aliphatic carbocycles. The quantitative estimate of drug-likeness (QED) is 0.0888. The number of hydrogen-bond acceptors (Lipinski definition) is 8. The topological polar surface area (TPSA) is 106 Å². The molecule has 0 saturated carbocycles. The Bertz CT molecular complexity index is 1620. The molecule has 1 unspecified atom stereocenters. The van der Waals surface area contributed by atoms with Crippen molar-refractivity contribution in [2.24, 2.45) is 0 Å². The van der Waals surface area contributed by atoms with Crippen LogP contribution >= 0.6 is 0 Å². The van der Waals surface area contributed by atoms with Crippen molar-refractivity contribution in [1.82, 2.24) is 24.5 Å². The number of ether oxygens (including phenoxy) is 2. The van der Waals surface area contributed by atoms with Crippen LogP contribution < -0.4 is 9.46 Å². The van der Waals surface area contributed by atoms with E-state index in [0.29, 0.717) is 42.8 Å². The van der Waals surface area contributed by atoms with Gasteiger partial charge in [0.1, 0.15) is 29.3 Å². The number of benzene rings is 1. The molecule has 12 heteroatoms. The van der Waals surface area contributed by atoms with Crippen LogP contribution in [0.15, 0.2) is 54.7 Å². The van der Waals surface area contributed by atoms with Crippen LogP contribution in [0.3, 0.4) is 0 Å². The summed E-state index contributed by atoms with van der Waals surface area (Å²) in [7, 11) is -0.339. The lowest BCUT2D eigenvalue weighted by Crippen LogP contribution is -2.43. The predicted octanol–water partition coefficient (Wildman–Crippen LogP) is 7.48.